The summed E-state index contributed by atoms with van der Waals surface area (Å²) in [6.07, 6.45) is 0.839. The van der Waals surface area contributed by atoms with Gasteiger partial charge in [0.15, 0.2) is 23.3 Å². The fourth-order valence-corrected chi connectivity index (χ4v) is 1.82. The van der Waals surface area contributed by atoms with Gasteiger partial charge >= 0.3 is 0 Å². The van der Waals surface area contributed by atoms with Gasteiger partial charge in [-0.15, -0.1) is 0 Å². The Morgan fingerprint density at radius 1 is 1.35 bits per heavy atom. The number of pyridine rings is 1. The molecule has 1 N–H and O–H groups in total. The van der Waals surface area contributed by atoms with E-state index in [2.05, 4.69) is 10.3 Å². The maximum atomic E-state index is 14.0. The van der Waals surface area contributed by atoms with Crippen LogP contribution in [0.1, 0.15) is 27.2 Å². The van der Waals surface area contributed by atoms with Crippen molar-refractivity contribution in [3.63, 3.8) is 0 Å². The summed E-state index contributed by atoms with van der Waals surface area (Å²) in [5.74, 6) is -1.09. The molecule has 20 heavy (non-hydrogen) atoms. The minimum atomic E-state index is -0.671. The molecule has 1 heterocycles. The standard InChI is InChI=1S/C14H23F2N3O/c1-5-6-17-13-11(15)9-12(16)14(18-13)19(10(2)3)7-8-20-4/h9-10H,5-8H2,1-4H3,(H,17,18). The monoisotopic (exact) mass is 287 g/mol. The van der Waals surface area contributed by atoms with Crippen molar-refractivity contribution in [3.8, 4) is 0 Å². The molecule has 0 atom stereocenters. The Morgan fingerprint density at radius 3 is 2.60 bits per heavy atom. The smallest absolute Gasteiger partial charge is 0.168 e. The molecule has 0 saturated heterocycles. The lowest BCUT2D eigenvalue weighted by Crippen LogP contribution is -2.35. The summed E-state index contributed by atoms with van der Waals surface area (Å²) in [7, 11) is 1.58. The van der Waals surface area contributed by atoms with Crippen LogP contribution in [-0.2, 0) is 4.74 Å². The number of aromatic nitrogens is 1. The second kappa shape index (κ2) is 7.99. The van der Waals surface area contributed by atoms with E-state index in [9.17, 15) is 8.78 Å². The zero-order chi connectivity index (χ0) is 15.1. The van der Waals surface area contributed by atoms with Crippen molar-refractivity contribution in [2.75, 3.05) is 37.0 Å². The number of hydrogen-bond acceptors (Lipinski definition) is 4. The van der Waals surface area contributed by atoms with Crippen LogP contribution in [0.4, 0.5) is 20.4 Å². The first-order valence-corrected chi connectivity index (χ1v) is 6.86. The fraction of sp³-hybridized carbons (Fsp3) is 0.643. The maximum absolute atomic E-state index is 14.0. The Labute approximate surface area is 119 Å². The van der Waals surface area contributed by atoms with Gasteiger partial charge in [-0.1, -0.05) is 6.92 Å². The van der Waals surface area contributed by atoms with Gasteiger partial charge in [-0.3, -0.25) is 0 Å². The number of ether oxygens (including phenoxy) is 1. The van der Waals surface area contributed by atoms with Crippen LogP contribution >= 0.6 is 0 Å². The van der Waals surface area contributed by atoms with Crippen LogP contribution in [0.15, 0.2) is 6.07 Å². The van der Waals surface area contributed by atoms with E-state index < -0.39 is 11.6 Å². The largest absolute Gasteiger partial charge is 0.383 e. The number of anilines is 2. The molecule has 1 aromatic heterocycles. The van der Waals surface area contributed by atoms with Crippen molar-refractivity contribution < 1.29 is 13.5 Å². The second-order valence-electron chi connectivity index (χ2n) is 4.83. The van der Waals surface area contributed by atoms with Crippen LogP contribution in [0, 0.1) is 11.6 Å². The van der Waals surface area contributed by atoms with Gasteiger partial charge in [0.2, 0.25) is 0 Å². The molecule has 0 aliphatic heterocycles. The predicted molar refractivity (Wildman–Crippen MR) is 77.3 cm³/mol. The fourth-order valence-electron chi connectivity index (χ4n) is 1.82. The minimum Gasteiger partial charge on any atom is -0.383 e. The summed E-state index contributed by atoms with van der Waals surface area (Å²) >= 11 is 0. The SMILES string of the molecule is CCCNc1nc(N(CCOC)C(C)C)c(F)cc1F. The third-order valence-electron chi connectivity index (χ3n) is 2.89. The number of halogens is 2. The third-order valence-corrected chi connectivity index (χ3v) is 2.89. The van der Waals surface area contributed by atoms with Gasteiger partial charge in [-0.25, -0.2) is 13.8 Å². The van der Waals surface area contributed by atoms with Crippen LogP contribution in [0.2, 0.25) is 0 Å². The molecular weight excluding hydrogens is 264 g/mol. The molecule has 0 aliphatic carbocycles. The van der Waals surface area contributed by atoms with E-state index >= 15 is 0 Å². The van der Waals surface area contributed by atoms with Crippen LogP contribution < -0.4 is 10.2 Å². The maximum Gasteiger partial charge on any atom is 0.168 e. The lowest BCUT2D eigenvalue weighted by molar-refractivity contribution is 0.203. The van der Waals surface area contributed by atoms with E-state index in [1.165, 1.54) is 0 Å². The quantitative estimate of drug-likeness (QED) is 0.797. The van der Waals surface area contributed by atoms with Gasteiger partial charge < -0.3 is 15.0 Å². The van der Waals surface area contributed by atoms with Crippen molar-refractivity contribution in [2.45, 2.75) is 33.2 Å². The van der Waals surface area contributed by atoms with E-state index in [0.717, 1.165) is 12.5 Å². The minimum absolute atomic E-state index is 0.0386. The highest BCUT2D eigenvalue weighted by Crippen LogP contribution is 2.23. The molecule has 4 nitrogen and oxygen atoms in total. The molecule has 1 rings (SSSR count). The Morgan fingerprint density at radius 2 is 2.05 bits per heavy atom. The molecule has 1 aromatic rings. The molecule has 0 amide bonds. The predicted octanol–water partition coefficient (Wildman–Crippen LogP) is 3.04. The number of methoxy groups -OCH3 is 1. The van der Waals surface area contributed by atoms with Gasteiger partial charge in [0, 0.05) is 32.3 Å². The first-order chi connectivity index (χ1) is 9.51. The zero-order valence-electron chi connectivity index (χ0n) is 12.5. The summed E-state index contributed by atoms with van der Waals surface area (Å²) in [4.78, 5) is 5.85. The highest BCUT2D eigenvalue weighted by Gasteiger charge is 2.19. The lowest BCUT2D eigenvalue weighted by atomic mass is 10.3. The third kappa shape index (κ3) is 4.30. The van der Waals surface area contributed by atoms with Gasteiger partial charge in [-0.2, -0.15) is 0 Å². The summed E-state index contributed by atoms with van der Waals surface area (Å²) in [5.41, 5.74) is 0. The summed E-state index contributed by atoms with van der Waals surface area (Å²) in [6, 6.07) is 0.916. The van der Waals surface area contributed by atoms with Gasteiger partial charge in [0.1, 0.15) is 0 Å². The van der Waals surface area contributed by atoms with Crippen LogP contribution in [0.5, 0.6) is 0 Å². The van der Waals surface area contributed by atoms with Crippen LogP contribution in [0.25, 0.3) is 0 Å². The van der Waals surface area contributed by atoms with Crippen LogP contribution in [0.3, 0.4) is 0 Å². The average molecular weight is 287 g/mol. The highest BCUT2D eigenvalue weighted by molar-refractivity contribution is 5.49. The summed E-state index contributed by atoms with van der Waals surface area (Å²) in [5, 5.41) is 2.87. The van der Waals surface area contributed by atoms with Crippen molar-refractivity contribution in [1.29, 1.82) is 0 Å². The molecule has 114 valence electrons. The molecule has 0 bridgehead atoms. The molecular formula is C14H23F2N3O. The molecule has 0 saturated carbocycles. The average Bonchev–Trinajstić information content (AvgIpc) is 2.39. The Kier molecular flexibility index (Phi) is 6.64. The zero-order valence-corrected chi connectivity index (χ0v) is 12.5. The van der Waals surface area contributed by atoms with E-state index in [4.69, 9.17) is 4.74 Å². The second-order valence-corrected chi connectivity index (χ2v) is 4.83. The number of hydrogen-bond donors (Lipinski definition) is 1. The Bertz CT molecular complexity index is 427. The number of rotatable bonds is 8. The summed E-state index contributed by atoms with van der Waals surface area (Å²) in [6.45, 7) is 7.37. The van der Waals surface area contributed by atoms with Gasteiger partial charge in [0.05, 0.1) is 6.61 Å². The highest BCUT2D eigenvalue weighted by atomic mass is 19.1. The molecule has 0 aliphatic rings. The van der Waals surface area contributed by atoms with E-state index in [1.807, 2.05) is 20.8 Å². The van der Waals surface area contributed by atoms with Crippen LogP contribution in [-0.4, -0.2) is 37.8 Å². The lowest BCUT2D eigenvalue weighted by Gasteiger charge is -2.28. The Hall–Kier alpha value is -1.43. The first-order valence-electron chi connectivity index (χ1n) is 6.86. The topological polar surface area (TPSA) is 37.4 Å². The number of nitrogens with one attached hydrogen (secondary N) is 1. The molecule has 6 heteroatoms. The Balaban J connectivity index is 3.06. The molecule has 0 aromatic carbocycles. The molecule has 0 radical (unpaired) electrons. The van der Waals surface area contributed by atoms with E-state index in [0.29, 0.717) is 19.7 Å². The van der Waals surface area contributed by atoms with Gasteiger partial charge in [0.25, 0.3) is 0 Å². The normalized spacial score (nSPS) is 10.9. The molecule has 0 unspecified atom stereocenters. The van der Waals surface area contributed by atoms with E-state index in [1.54, 1.807) is 12.0 Å². The first kappa shape index (κ1) is 16.6. The van der Waals surface area contributed by atoms with Crippen molar-refractivity contribution in [1.82, 2.24) is 4.98 Å². The number of nitrogens with zero attached hydrogens (tertiary/aromatic N) is 2. The molecule has 0 spiro atoms. The van der Waals surface area contributed by atoms with Crippen molar-refractivity contribution in [3.05, 3.63) is 17.7 Å². The van der Waals surface area contributed by atoms with E-state index in [-0.39, 0.29) is 17.7 Å². The van der Waals surface area contributed by atoms with Crippen molar-refractivity contribution >= 4 is 11.6 Å². The summed E-state index contributed by atoms with van der Waals surface area (Å²) < 4.78 is 32.7. The molecule has 0 fully saturated rings. The van der Waals surface area contributed by atoms with Crippen molar-refractivity contribution in [2.24, 2.45) is 0 Å². The van der Waals surface area contributed by atoms with Gasteiger partial charge in [-0.05, 0) is 20.3 Å².